The molecule has 1 aliphatic rings. The number of amides is 2. The van der Waals surface area contributed by atoms with Crippen molar-refractivity contribution in [2.24, 2.45) is 0 Å². The van der Waals surface area contributed by atoms with Gasteiger partial charge in [-0.2, -0.15) is 8.78 Å². The molecule has 8 heteroatoms. The Bertz CT molecular complexity index is 838. The molecule has 1 N–H and O–H groups in total. The number of anilines is 2. The van der Waals surface area contributed by atoms with Gasteiger partial charge in [0.25, 0.3) is 11.7 Å². The molecule has 0 radical (unpaired) electrons. The van der Waals surface area contributed by atoms with Gasteiger partial charge in [-0.15, -0.1) is 0 Å². The van der Waals surface area contributed by atoms with Crippen molar-refractivity contribution in [3.05, 3.63) is 54.1 Å². The number of piperazine rings is 1. The fraction of sp³-hybridized carbons (Fsp3) is 0.300. The van der Waals surface area contributed by atoms with Crippen LogP contribution in [0.25, 0.3) is 0 Å². The number of hydrogen-bond acceptors (Lipinski definition) is 4. The van der Waals surface area contributed by atoms with E-state index in [9.17, 15) is 18.4 Å². The Hall–Kier alpha value is -2.61. The molecule has 0 atom stereocenters. The molecule has 2 aromatic rings. The maximum Gasteiger partial charge on any atom is 0.288 e. The van der Waals surface area contributed by atoms with Crippen LogP contribution in [0.2, 0.25) is 0 Å². The third-order valence-electron chi connectivity index (χ3n) is 4.53. The number of halogens is 2. The Morgan fingerprint density at radius 3 is 2.18 bits per heavy atom. The van der Waals surface area contributed by atoms with Gasteiger partial charge in [0.15, 0.2) is 0 Å². The normalized spacial score (nSPS) is 14.3. The van der Waals surface area contributed by atoms with E-state index in [1.54, 1.807) is 52.3 Å². The lowest BCUT2D eigenvalue weighted by Gasteiger charge is -2.34. The smallest absolute Gasteiger partial charge is 0.288 e. The van der Waals surface area contributed by atoms with Crippen molar-refractivity contribution < 1.29 is 18.4 Å². The van der Waals surface area contributed by atoms with Crippen LogP contribution in [0, 0.1) is 0 Å². The first kappa shape index (κ1) is 20.1. The Kier molecular flexibility index (Phi) is 6.51. The maximum absolute atomic E-state index is 13.0. The second-order valence-corrected chi connectivity index (χ2v) is 7.44. The van der Waals surface area contributed by atoms with Crippen LogP contribution in [-0.2, 0) is 4.79 Å². The summed E-state index contributed by atoms with van der Waals surface area (Å²) in [6.07, 6.45) is 0. The molecular formula is C20H21F2N3O2S. The number of nitrogens with zero attached hydrogens (tertiary/aromatic N) is 2. The van der Waals surface area contributed by atoms with E-state index in [-0.39, 0.29) is 11.8 Å². The van der Waals surface area contributed by atoms with Gasteiger partial charge in [-0.3, -0.25) is 9.59 Å². The van der Waals surface area contributed by atoms with Gasteiger partial charge in [0.1, 0.15) is 0 Å². The number of carbonyl (C=O) groups excluding carboxylic acids is 2. The number of rotatable bonds is 5. The molecule has 1 aliphatic heterocycles. The van der Waals surface area contributed by atoms with Gasteiger partial charge in [0.2, 0.25) is 5.91 Å². The Labute approximate surface area is 166 Å². The average molecular weight is 405 g/mol. The number of para-hydroxylation sites is 1. The van der Waals surface area contributed by atoms with E-state index < -0.39 is 5.76 Å². The first-order valence-electron chi connectivity index (χ1n) is 8.90. The summed E-state index contributed by atoms with van der Waals surface area (Å²) in [4.78, 5) is 28.4. The van der Waals surface area contributed by atoms with Crippen molar-refractivity contribution in [3.63, 3.8) is 0 Å². The number of thioether (sulfide) groups is 1. The van der Waals surface area contributed by atoms with Gasteiger partial charge in [-0.1, -0.05) is 23.9 Å². The zero-order chi connectivity index (χ0) is 20.1. The van der Waals surface area contributed by atoms with Crippen molar-refractivity contribution in [3.8, 4) is 0 Å². The van der Waals surface area contributed by atoms with Crippen molar-refractivity contribution in [2.75, 3.05) is 31.5 Å². The predicted octanol–water partition coefficient (Wildman–Crippen LogP) is 4.05. The van der Waals surface area contributed by atoms with E-state index in [2.05, 4.69) is 5.32 Å². The van der Waals surface area contributed by atoms with Gasteiger partial charge in [0, 0.05) is 43.7 Å². The summed E-state index contributed by atoms with van der Waals surface area (Å²) < 4.78 is 24.9. The fourth-order valence-electron chi connectivity index (χ4n) is 3.05. The highest BCUT2D eigenvalue weighted by molar-refractivity contribution is 7.99. The molecule has 5 nitrogen and oxygen atoms in total. The molecule has 1 heterocycles. The summed E-state index contributed by atoms with van der Waals surface area (Å²) in [7, 11) is 0. The Morgan fingerprint density at radius 2 is 1.57 bits per heavy atom. The average Bonchev–Trinajstić information content (AvgIpc) is 2.69. The zero-order valence-corrected chi connectivity index (χ0v) is 16.2. The summed E-state index contributed by atoms with van der Waals surface area (Å²) in [6, 6.07) is 13.8. The molecule has 2 amide bonds. The molecule has 148 valence electrons. The molecular weight excluding hydrogens is 384 g/mol. The molecule has 3 rings (SSSR count). The van der Waals surface area contributed by atoms with E-state index >= 15 is 0 Å². The topological polar surface area (TPSA) is 52.7 Å². The highest BCUT2D eigenvalue weighted by atomic mass is 32.2. The monoisotopic (exact) mass is 405 g/mol. The summed E-state index contributed by atoms with van der Waals surface area (Å²) in [5.41, 5.74) is 1.89. The van der Waals surface area contributed by atoms with Gasteiger partial charge < -0.3 is 15.1 Å². The summed E-state index contributed by atoms with van der Waals surface area (Å²) in [5.74, 6) is -2.54. The van der Waals surface area contributed by atoms with E-state index in [1.165, 1.54) is 6.92 Å². The van der Waals surface area contributed by atoms with Gasteiger partial charge in [0.05, 0.1) is 11.3 Å². The number of hydrogen-bond donors (Lipinski definition) is 1. The van der Waals surface area contributed by atoms with Crippen LogP contribution in [0.4, 0.5) is 20.2 Å². The summed E-state index contributed by atoms with van der Waals surface area (Å²) in [6.45, 7) is 3.57. The highest BCUT2D eigenvalue weighted by Crippen LogP contribution is 2.28. The predicted molar refractivity (Wildman–Crippen MR) is 106 cm³/mol. The van der Waals surface area contributed by atoms with Crippen LogP contribution in [0.1, 0.15) is 17.3 Å². The van der Waals surface area contributed by atoms with E-state index in [1.807, 2.05) is 6.07 Å². The minimum Gasteiger partial charge on any atom is -0.355 e. The van der Waals surface area contributed by atoms with Crippen LogP contribution >= 0.6 is 11.8 Å². The van der Waals surface area contributed by atoms with Crippen LogP contribution in [0.3, 0.4) is 0 Å². The van der Waals surface area contributed by atoms with Crippen molar-refractivity contribution in [2.45, 2.75) is 17.6 Å². The second-order valence-electron chi connectivity index (χ2n) is 6.37. The summed E-state index contributed by atoms with van der Waals surface area (Å²) >= 11 is 0.493. The van der Waals surface area contributed by atoms with Gasteiger partial charge >= 0.3 is 0 Å². The number of nitrogens with one attached hydrogen (secondary N) is 1. The molecule has 2 aromatic carbocycles. The molecule has 28 heavy (non-hydrogen) atoms. The minimum absolute atomic E-state index is 0.0163. The van der Waals surface area contributed by atoms with Crippen molar-refractivity contribution in [1.29, 1.82) is 0 Å². The molecule has 0 aromatic heterocycles. The molecule has 1 saturated heterocycles. The van der Waals surface area contributed by atoms with Crippen LogP contribution < -0.4 is 5.32 Å². The zero-order valence-electron chi connectivity index (χ0n) is 15.4. The molecule has 0 bridgehead atoms. The van der Waals surface area contributed by atoms with E-state index in [0.29, 0.717) is 59.8 Å². The number of carbonyl (C=O) groups is 2. The molecule has 0 saturated carbocycles. The Balaban J connectivity index is 1.71. The largest absolute Gasteiger partial charge is 0.355 e. The maximum atomic E-state index is 13.0. The first-order valence-corrected chi connectivity index (χ1v) is 9.78. The summed E-state index contributed by atoms with van der Waals surface area (Å²) in [5, 5.41) is 3.19. The Morgan fingerprint density at radius 1 is 0.964 bits per heavy atom. The molecule has 1 fully saturated rings. The minimum atomic E-state index is -2.46. The molecule has 0 spiro atoms. The van der Waals surface area contributed by atoms with Crippen LogP contribution in [0.5, 0.6) is 0 Å². The lowest BCUT2D eigenvalue weighted by molar-refractivity contribution is -0.130. The second kappa shape index (κ2) is 9.05. The van der Waals surface area contributed by atoms with Gasteiger partial charge in [-0.05, 0) is 36.4 Å². The lowest BCUT2D eigenvalue weighted by Crippen LogP contribution is -2.50. The van der Waals surface area contributed by atoms with Crippen LogP contribution in [0.15, 0.2) is 53.4 Å². The third kappa shape index (κ3) is 5.01. The third-order valence-corrected chi connectivity index (χ3v) is 5.25. The van der Waals surface area contributed by atoms with Crippen LogP contribution in [-0.4, -0.2) is 53.6 Å². The fourth-order valence-corrected chi connectivity index (χ4v) is 3.55. The first-order chi connectivity index (χ1) is 13.4. The molecule has 0 unspecified atom stereocenters. The highest BCUT2D eigenvalue weighted by Gasteiger charge is 2.24. The van der Waals surface area contributed by atoms with Crippen molar-refractivity contribution >= 4 is 35.0 Å². The van der Waals surface area contributed by atoms with Gasteiger partial charge in [-0.25, -0.2) is 0 Å². The SMILES string of the molecule is CC(=O)N1CCN(C(=O)c2ccccc2Nc2ccc(SC(F)F)cc2)CC1. The van der Waals surface area contributed by atoms with Crippen molar-refractivity contribution in [1.82, 2.24) is 9.80 Å². The van der Waals surface area contributed by atoms with E-state index in [4.69, 9.17) is 0 Å². The van der Waals surface area contributed by atoms with E-state index in [0.717, 1.165) is 0 Å². The number of alkyl halides is 2. The lowest BCUT2D eigenvalue weighted by atomic mass is 10.1. The standard InChI is InChI=1S/C20H21F2N3O2S/c1-14(26)24-10-12-25(13-11-24)19(27)17-4-2-3-5-18(17)23-15-6-8-16(9-7-15)28-20(21)22/h2-9,20,23H,10-13H2,1H3. The quantitative estimate of drug-likeness (QED) is 0.763. The molecule has 0 aliphatic carbocycles. The number of benzene rings is 2.